The lowest BCUT2D eigenvalue weighted by molar-refractivity contribution is 0.108. The Bertz CT molecular complexity index is 183. The minimum absolute atomic E-state index is 0.622. The largest absolute Gasteiger partial charge is 0.313 e. The monoisotopic (exact) mass is 226 g/mol. The van der Waals surface area contributed by atoms with Crippen molar-refractivity contribution in [2.45, 2.75) is 59.4 Å². The number of nitrogens with zero attached hydrogens (tertiary/aromatic N) is 1. The van der Waals surface area contributed by atoms with E-state index in [1.54, 1.807) is 0 Å². The van der Waals surface area contributed by atoms with Gasteiger partial charge in [0.05, 0.1) is 0 Å². The first-order chi connectivity index (χ1) is 7.59. The first-order valence-corrected chi connectivity index (χ1v) is 7.05. The van der Waals surface area contributed by atoms with Gasteiger partial charge < -0.3 is 10.2 Å². The molecule has 0 bridgehead atoms. The van der Waals surface area contributed by atoms with Crippen molar-refractivity contribution in [1.29, 1.82) is 0 Å². The number of likely N-dealkylation sites (tertiary alicyclic amines) is 1. The Morgan fingerprint density at radius 2 is 1.88 bits per heavy atom. The zero-order valence-corrected chi connectivity index (χ0v) is 11.7. The van der Waals surface area contributed by atoms with Crippen LogP contribution in [0.5, 0.6) is 0 Å². The van der Waals surface area contributed by atoms with E-state index in [4.69, 9.17) is 0 Å². The fourth-order valence-corrected chi connectivity index (χ4v) is 2.47. The third kappa shape index (κ3) is 4.42. The molecule has 0 aliphatic carbocycles. The summed E-state index contributed by atoms with van der Waals surface area (Å²) in [6.07, 6.45) is 5.33. The quantitative estimate of drug-likeness (QED) is 0.749. The van der Waals surface area contributed by atoms with Crippen LogP contribution in [-0.2, 0) is 0 Å². The van der Waals surface area contributed by atoms with Gasteiger partial charge in [0.15, 0.2) is 0 Å². The van der Waals surface area contributed by atoms with Crippen LogP contribution in [-0.4, -0.2) is 37.1 Å². The molecule has 0 amide bonds. The summed E-state index contributed by atoms with van der Waals surface area (Å²) in [7, 11) is 0. The number of nitrogens with one attached hydrogen (secondary N) is 1. The zero-order valence-electron chi connectivity index (χ0n) is 11.7. The molecule has 0 saturated carbocycles. The van der Waals surface area contributed by atoms with Gasteiger partial charge in [-0.05, 0) is 51.2 Å². The Hall–Kier alpha value is -0.0800. The van der Waals surface area contributed by atoms with E-state index in [1.165, 1.54) is 45.3 Å². The average molecular weight is 226 g/mol. The van der Waals surface area contributed by atoms with Gasteiger partial charge in [-0.2, -0.15) is 0 Å². The van der Waals surface area contributed by atoms with Crippen LogP contribution in [0.1, 0.15) is 53.4 Å². The predicted molar refractivity (Wildman–Crippen MR) is 71.8 cm³/mol. The molecule has 1 aliphatic rings. The highest BCUT2D eigenvalue weighted by Gasteiger charge is 2.28. The van der Waals surface area contributed by atoms with Gasteiger partial charge in [-0.1, -0.05) is 27.2 Å². The number of rotatable bonds is 6. The molecule has 1 fully saturated rings. The van der Waals surface area contributed by atoms with Crippen molar-refractivity contribution in [3.05, 3.63) is 0 Å². The smallest absolute Gasteiger partial charge is 0.0166 e. The molecule has 1 aliphatic heterocycles. The summed E-state index contributed by atoms with van der Waals surface area (Å²) in [5.41, 5.74) is 0.622. The maximum atomic E-state index is 3.57. The van der Waals surface area contributed by atoms with Crippen LogP contribution >= 0.6 is 0 Å². The van der Waals surface area contributed by atoms with E-state index >= 15 is 0 Å². The fraction of sp³-hybridized carbons (Fsp3) is 1.00. The Morgan fingerprint density at radius 1 is 1.25 bits per heavy atom. The summed E-state index contributed by atoms with van der Waals surface area (Å²) >= 11 is 0. The molecule has 0 aromatic heterocycles. The van der Waals surface area contributed by atoms with Gasteiger partial charge in [0.1, 0.15) is 0 Å². The third-order valence-corrected chi connectivity index (χ3v) is 4.19. The second-order valence-electron chi connectivity index (χ2n) is 5.82. The van der Waals surface area contributed by atoms with Gasteiger partial charge in [-0.25, -0.2) is 0 Å². The average Bonchev–Trinajstić information content (AvgIpc) is 2.30. The van der Waals surface area contributed by atoms with Crippen molar-refractivity contribution in [3.8, 4) is 0 Å². The second-order valence-corrected chi connectivity index (χ2v) is 5.82. The van der Waals surface area contributed by atoms with Crippen molar-refractivity contribution < 1.29 is 0 Å². The van der Waals surface area contributed by atoms with Crippen LogP contribution in [0.2, 0.25) is 0 Å². The third-order valence-electron chi connectivity index (χ3n) is 4.19. The minimum Gasteiger partial charge on any atom is -0.313 e. The highest BCUT2D eigenvalue weighted by Crippen LogP contribution is 2.33. The molecular weight excluding hydrogens is 196 g/mol. The Morgan fingerprint density at radius 3 is 2.38 bits per heavy atom. The van der Waals surface area contributed by atoms with Crippen molar-refractivity contribution in [1.82, 2.24) is 10.2 Å². The molecular formula is C14H30N2. The van der Waals surface area contributed by atoms with E-state index < -0.39 is 0 Å². The first-order valence-electron chi connectivity index (χ1n) is 7.05. The summed E-state index contributed by atoms with van der Waals surface area (Å²) in [6, 6.07) is 0.644. The molecule has 0 aromatic rings. The van der Waals surface area contributed by atoms with Crippen LogP contribution < -0.4 is 5.32 Å². The maximum absolute atomic E-state index is 3.57. The van der Waals surface area contributed by atoms with E-state index in [1.807, 2.05) is 0 Å². The van der Waals surface area contributed by atoms with E-state index in [9.17, 15) is 0 Å². The molecule has 0 radical (unpaired) electrons. The van der Waals surface area contributed by atoms with E-state index in [2.05, 4.69) is 37.9 Å². The van der Waals surface area contributed by atoms with Crippen LogP contribution in [0.3, 0.4) is 0 Å². The summed E-state index contributed by atoms with van der Waals surface area (Å²) in [4.78, 5) is 2.63. The summed E-state index contributed by atoms with van der Waals surface area (Å²) in [5.74, 6) is 0. The molecule has 1 rings (SSSR count). The highest BCUT2D eigenvalue weighted by atomic mass is 15.2. The Balaban J connectivity index is 2.21. The molecule has 0 aromatic carbocycles. The molecule has 1 unspecified atom stereocenters. The van der Waals surface area contributed by atoms with Crippen LogP contribution in [0.15, 0.2) is 0 Å². The molecule has 2 nitrogen and oxygen atoms in total. The van der Waals surface area contributed by atoms with Crippen LogP contribution in [0.4, 0.5) is 0 Å². The molecule has 1 heterocycles. The first kappa shape index (κ1) is 14.0. The van der Waals surface area contributed by atoms with E-state index in [0.29, 0.717) is 11.5 Å². The SMILES string of the molecule is CCCNC(C)CN1CCC(C)(CC)CC1. The Kier molecular flexibility index (Phi) is 5.77. The molecule has 2 heteroatoms. The number of hydrogen-bond donors (Lipinski definition) is 1. The minimum atomic E-state index is 0.622. The zero-order chi connectivity index (χ0) is 12.0. The van der Waals surface area contributed by atoms with Gasteiger partial charge in [-0.3, -0.25) is 0 Å². The highest BCUT2D eigenvalue weighted by molar-refractivity contribution is 4.82. The van der Waals surface area contributed by atoms with Gasteiger partial charge in [0.2, 0.25) is 0 Å². The van der Waals surface area contributed by atoms with Gasteiger partial charge in [0.25, 0.3) is 0 Å². The molecule has 0 spiro atoms. The van der Waals surface area contributed by atoms with Gasteiger partial charge >= 0.3 is 0 Å². The summed E-state index contributed by atoms with van der Waals surface area (Å²) in [5, 5.41) is 3.57. The normalized spacial score (nSPS) is 23.2. The lowest BCUT2D eigenvalue weighted by atomic mass is 9.78. The standard InChI is InChI=1S/C14H30N2/c1-5-9-15-13(3)12-16-10-7-14(4,6-2)8-11-16/h13,15H,5-12H2,1-4H3. The fourth-order valence-electron chi connectivity index (χ4n) is 2.47. The predicted octanol–water partition coefficient (Wildman–Crippen LogP) is 2.89. The molecule has 16 heavy (non-hydrogen) atoms. The van der Waals surface area contributed by atoms with Crippen molar-refractivity contribution >= 4 is 0 Å². The van der Waals surface area contributed by atoms with E-state index in [0.717, 1.165) is 6.54 Å². The molecule has 1 saturated heterocycles. The number of piperidine rings is 1. The van der Waals surface area contributed by atoms with Crippen molar-refractivity contribution in [2.24, 2.45) is 5.41 Å². The molecule has 1 N–H and O–H groups in total. The van der Waals surface area contributed by atoms with Gasteiger partial charge in [0, 0.05) is 12.6 Å². The topological polar surface area (TPSA) is 15.3 Å². The lowest BCUT2D eigenvalue weighted by Crippen LogP contribution is -2.45. The van der Waals surface area contributed by atoms with Gasteiger partial charge in [-0.15, -0.1) is 0 Å². The van der Waals surface area contributed by atoms with Crippen molar-refractivity contribution in [3.63, 3.8) is 0 Å². The molecule has 96 valence electrons. The number of hydrogen-bond acceptors (Lipinski definition) is 2. The van der Waals surface area contributed by atoms with E-state index in [-0.39, 0.29) is 0 Å². The lowest BCUT2D eigenvalue weighted by Gasteiger charge is -2.39. The Labute approximate surface area is 102 Å². The van der Waals surface area contributed by atoms with Crippen LogP contribution in [0.25, 0.3) is 0 Å². The van der Waals surface area contributed by atoms with Crippen LogP contribution in [0, 0.1) is 5.41 Å². The molecule has 1 atom stereocenters. The summed E-state index contributed by atoms with van der Waals surface area (Å²) in [6.45, 7) is 14.3. The summed E-state index contributed by atoms with van der Waals surface area (Å²) < 4.78 is 0. The van der Waals surface area contributed by atoms with Crippen molar-refractivity contribution in [2.75, 3.05) is 26.2 Å². The maximum Gasteiger partial charge on any atom is 0.0166 e. The second kappa shape index (κ2) is 6.61.